The molecule has 35 heavy (non-hydrogen) atoms. The molecule has 12 heteroatoms. The van der Waals surface area contributed by atoms with E-state index in [1.165, 1.54) is 6.33 Å². The van der Waals surface area contributed by atoms with E-state index in [4.69, 9.17) is 42.3 Å². The third-order valence-corrected chi connectivity index (χ3v) is 13.6. The van der Waals surface area contributed by atoms with Crippen molar-refractivity contribution < 1.29 is 18.6 Å². The Morgan fingerprint density at radius 3 is 2.29 bits per heavy atom. The lowest BCUT2D eigenvalue weighted by Crippen LogP contribution is -2.50. The quantitative estimate of drug-likeness (QED) is 0.391. The fourth-order valence-corrected chi connectivity index (χ4v) is 11.7. The van der Waals surface area contributed by atoms with Gasteiger partial charge < -0.3 is 30.1 Å². The summed E-state index contributed by atoms with van der Waals surface area (Å²) in [6.45, 7) is 17.8. The summed E-state index contributed by atoms with van der Waals surface area (Å²) in [5.74, 6) is -0.523. The number of nitrogens with zero attached hydrogens (tertiary/aromatic N) is 4. The maximum atomic E-state index is 6.87. The van der Waals surface area contributed by atoms with E-state index >= 15 is 0 Å². The Morgan fingerprint density at radius 2 is 1.71 bits per heavy atom. The van der Waals surface area contributed by atoms with Gasteiger partial charge in [-0.05, 0) is 30.5 Å². The molecule has 0 bridgehead atoms. The largest absolute Gasteiger partial charge is 0.413 e. The predicted octanol–water partition coefficient (Wildman–Crippen LogP) is 3.65. The zero-order chi connectivity index (χ0) is 25.9. The molecule has 4 atom stereocenters. The summed E-state index contributed by atoms with van der Waals surface area (Å²) < 4.78 is 27.7. The lowest BCUT2D eigenvalue weighted by molar-refractivity contribution is -0.200. The van der Waals surface area contributed by atoms with E-state index in [2.05, 4.69) is 56.6 Å². The molecule has 2 aliphatic rings. The molecule has 2 fully saturated rings. The van der Waals surface area contributed by atoms with Crippen LogP contribution in [0.4, 0.5) is 5.82 Å². The number of hydrogen-bond acceptors (Lipinski definition) is 9. The standard InChI is InChI=1S/C23H38N6O4SSi/c1-11(2)35(12(3)4,13(5)6)30-9-14-17-18(33-23(7,8)32-17)22(31-14)29-21-15(16(28-29)20(25)34)19(24)26-10-27-21/h10-14,17-18,22H,9H2,1-8H3,(H2,25,34)(H2,24,26,27)/t14-,17-,18-,22-/m1/s1. The first kappa shape index (κ1) is 26.4. The summed E-state index contributed by atoms with van der Waals surface area (Å²) in [5.41, 5.74) is 14.3. The van der Waals surface area contributed by atoms with Gasteiger partial charge in [0.15, 0.2) is 26.0 Å². The van der Waals surface area contributed by atoms with Crippen molar-refractivity contribution in [2.24, 2.45) is 5.73 Å². The van der Waals surface area contributed by atoms with Crippen molar-refractivity contribution in [1.82, 2.24) is 19.7 Å². The van der Waals surface area contributed by atoms with Crippen LogP contribution in [0.25, 0.3) is 11.0 Å². The lowest BCUT2D eigenvalue weighted by Gasteiger charge is -2.43. The van der Waals surface area contributed by atoms with Gasteiger partial charge in [-0.15, -0.1) is 0 Å². The molecule has 0 amide bonds. The second-order valence-electron chi connectivity index (χ2n) is 10.9. The van der Waals surface area contributed by atoms with E-state index in [0.29, 0.717) is 40.0 Å². The van der Waals surface area contributed by atoms with Crippen molar-refractivity contribution in [2.75, 3.05) is 12.3 Å². The molecule has 4 N–H and O–H groups in total. The van der Waals surface area contributed by atoms with E-state index in [1.807, 2.05) is 13.8 Å². The van der Waals surface area contributed by atoms with Crippen LogP contribution in [0.3, 0.4) is 0 Å². The highest BCUT2D eigenvalue weighted by molar-refractivity contribution is 7.80. The molecule has 0 aliphatic carbocycles. The van der Waals surface area contributed by atoms with Crippen LogP contribution in [0, 0.1) is 0 Å². The fraction of sp³-hybridized carbons (Fsp3) is 0.739. The number of fused-ring (bicyclic) bond motifs is 2. The first-order valence-electron chi connectivity index (χ1n) is 12.2. The highest BCUT2D eigenvalue weighted by Gasteiger charge is 2.57. The molecule has 4 heterocycles. The Morgan fingerprint density at radius 1 is 1.11 bits per heavy atom. The second-order valence-corrected chi connectivity index (χ2v) is 16.8. The third kappa shape index (κ3) is 4.38. The maximum Gasteiger partial charge on any atom is 0.200 e. The summed E-state index contributed by atoms with van der Waals surface area (Å²) >= 11 is 5.22. The molecule has 0 spiro atoms. The van der Waals surface area contributed by atoms with Crippen LogP contribution < -0.4 is 11.5 Å². The molecule has 2 saturated heterocycles. The Labute approximate surface area is 213 Å². The van der Waals surface area contributed by atoms with Gasteiger partial charge in [-0.2, -0.15) is 5.10 Å². The lowest BCUT2D eigenvalue weighted by atomic mass is 10.1. The topological polar surface area (TPSA) is 133 Å². The van der Waals surface area contributed by atoms with Gasteiger partial charge in [0.1, 0.15) is 41.1 Å². The minimum Gasteiger partial charge on any atom is -0.413 e. The highest BCUT2D eigenvalue weighted by Crippen LogP contribution is 2.46. The maximum absolute atomic E-state index is 6.87. The van der Waals surface area contributed by atoms with Gasteiger partial charge in [-0.1, -0.05) is 53.8 Å². The number of thiocarbonyl (C=S) groups is 1. The summed E-state index contributed by atoms with van der Waals surface area (Å²) in [5, 5.41) is 5.15. The van der Waals surface area contributed by atoms with Crippen LogP contribution in [0.15, 0.2) is 6.33 Å². The summed E-state index contributed by atoms with van der Waals surface area (Å²) in [6, 6.07) is 0. The smallest absolute Gasteiger partial charge is 0.200 e. The van der Waals surface area contributed by atoms with Gasteiger partial charge in [-0.3, -0.25) is 0 Å². The van der Waals surface area contributed by atoms with Crippen LogP contribution >= 0.6 is 12.2 Å². The Balaban J connectivity index is 1.71. The van der Waals surface area contributed by atoms with Gasteiger partial charge >= 0.3 is 0 Å². The molecular formula is C23H38N6O4SSi. The zero-order valence-corrected chi connectivity index (χ0v) is 23.6. The van der Waals surface area contributed by atoms with E-state index in [-0.39, 0.29) is 23.0 Å². The molecule has 4 rings (SSSR count). The van der Waals surface area contributed by atoms with Gasteiger partial charge in [-0.25, -0.2) is 14.6 Å². The van der Waals surface area contributed by atoms with E-state index in [9.17, 15) is 0 Å². The normalized spacial score (nSPS) is 26.4. The van der Waals surface area contributed by atoms with E-state index in [0.717, 1.165) is 0 Å². The minimum atomic E-state index is -2.11. The van der Waals surface area contributed by atoms with Crippen molar-refractivity contribution in [3.63, 3.8) is 0 Å². The zero-order valence-electron chi connectivity index (χ0n) is 21.8. The molecule has 0 saturated carbocycles. The Bertz CT molecular complexity index is 1090. The number of anilines is 1. The summed E-state index contributed by atoms with van der Waals surface area (Å²) in [4.78, 5) is 8.61. The Hall–Kier alpha value is -1.70. The molecule has 0 aromatic carbocycles. The average Bonchev–Trinajstić information content (AvgIpc) is 3.37. The van der Waals surface area contributed by atoms with Crippen LogP contribution in [0.1, 0.15) is 67.3 Å². The van der Waals surface area contributed by atoms with Crippen LogP contribution in [-0.2, 0) is 18.6 Å². The molecule has 2 aromatic heterocycles. The number of rotatable bonds is 8. The number of nitrogens with two attached hydrogens (primary N) is 2. The summed E-state index contributed by atoms with van der Waals surface area (Å²) in [7, 11) is -2.11. The molecule has 0 radical (unpaired) electrons. The number of hydrogen-bond donors (Lipinski definition) is 2. The SMILES string of the molecule is CC(C)[Si](OC[C@H]1O[C@@H](n2nc(C(N)=S)c3c(N)ncnc32)[C@@H]2OC(C)(C)O[C@@H]21)(C(C)C)C(C)C. The van der Waals surface area contributed by atoms with Gasteiger partial charge in [0.25, 0.3) is 0 Å². The van der Waals surface area contributed by atoms with Gasteiger partial charge in [0.05, 0.1) is 12.0 Å². The average molecular weight is 523 g/mol. The van der Waals surface area contributed by atoms with Gasteiger partial charge in [0, 0.05) is 0 Å². The molecule has 10 nitrogen and oxygen atoms in total. The molecule has 194 valence electrons. The van der Waals surface area contributed by atoms with Crippen LogP contribution in [0.2, 0.25) is 16.6 Å². The minimum absolute atomic E-state index is 0.107. The highest BCUT2D eigenvalue weighted by atomic mass is 32.1. The first-order chi connectivity index (χ1) is 16.3. The number of ether oxygens (including phenoxy) is 3. The van der Waals surface area contributed by atoms with E-state index < -0.39 is 26.4 Å². The van der Waals surface area contributed by atoms with E-state index in [1.54, 1.807) is 4.68 Å². The van der Waals surface area contributed by atoms with Crippen molar-refractivity contribution in [1.29, 1.82) is 0 Å². The molecule has 2 aromatic rings. The monoisotopic (exact) mass is 522 g/mol. The first-order valence-corrected chi connectivity index (χ1v) is 14.8. The summed E-state index contributed by atoms with van der Waals surface area (Å²) in [6.07, 6.45) is -0.342. The van der Waals surface area contributed by atoms with Crippen LogP contribution in [-0.4, -0.2) is 63.8 Å². The second kappa shape index (κ2) is 9.31. The van der Waals surface area contributed by atoms with Crippen molar-refractivity contribution in [2.45, 2.75) is 102 Å². The van der Waals surface area contributed by atoms with Gasteiger partial charge in [0.2, 0.25) is 0 Å². The van der Waals surface area contributed by atoms with Crippen LogP contribution in [0.5, 0.6) is 0 Å². The molecule has 0 unspecified atom stereocenters. The fourth-order valence-electron chi connectivity index (χ4n) is 6.06. The van der Waals surface area contributed by atoms with Crippen molar-refractivity contribution in [3.8, 4) is 0 Å². The molecular weight excluding hydrogens is 484 g/mol. The Kier molecular flexibility index (Phi) is 7.01. The number of aromatic nitrogens is 4. The third-order valence-electron chi connectivity index (χ3n) is 7.32. The van der Waals surface area contributed by atoms with Crippen molar-refractivity contribution in [3.05, 3.63) is 12.0 Å². The predicted molar refractivity (Wildman–Crippen MR) is 140 cm³/mol. The van der Waals surface area contributed by atoms with Crippen molar-refractivity contribution >= 4 is 42.4 Å². The number of nitrogen functional groups attached to an aromatic ring is 1. The molecule has 2 aliphatic heterocycles.